The summed E-state index contributed by atoms with van der Waals surface area (Å²) in [6.45, 7) is 0.319. The van der Waals surface area contributed by atoms with E-state index in [9.17, 15) is 17.6 Å². The lowest BCUT2D eigenvalue weighted by molar-refractivity contribution is -0.141. The minimum absolute atomic E-state index is 0.0558. The minimum atomic E-state index is -3.63. The van der Waals surface area contributed by atoms with Gasteiger partial charge in [-0.05, 0) is 67.5 Å². The Morgan fingerprint density at radius 3 is 2.52 bits per heavy atom. The van der Waals surface area contributed by atoms with E-state index in [4.69, 9.17) is 4.74 Å². The van der Waals surface area contributed by atoms with E-state index >= 15 is 0 Å². The van der Waals surface area contributed by atoms with Gasteiger partial charge in [0.1, 0.15) is 5.82 Å². The van der Waals surface area contributed by atoms with Crippen molar-refractivity contribution in [3.05, 3.63) is 60.2 Å². The molecule has 0 aliphatic carbocycles. The van der Waals surface area contributed by atoms with Gasteiger partial charge in [0.25, 0.3) is 0 Å². The van der Waals surface area contributed by atoms with E-state index < -0.39 is 15.8 Å². The third-order valence-corrected chi connectivity index (χ3v) is 6.72. The summed E-state index contributed by atoms with van der Waals surface area (Å²) in [7, 11) is -2.24. The molecule has 1 unspecified atom stereocenters. The fourth-order valence-corrected chi connectivity index (χ4v) is 4.53. The van der Waals surface area contributed by atoms with Crippen molar-refractivity contribution in [3.63, 3.8) is 0 Å². The van der Waals surface area contributed by atoms with Gasteiger partial charge in [-0.1, -0.05) is 25.3 Å². The topological polar surface area (TPSA) is 85.4 Å². The van der Waals surface area contributed by atoms with Crippen molar-refractivity contribution in [2.24, 2.45) is 5.92 Å². The summed E-state index contributed by atoms with van der Waals surface area (Å²) in [5.74, 6) is -0.297. The third-order valence-electron chi connectivity index (χ3n) is 5.24. The fourth-order valence-electron chi connectivity index (χ4n) is 3.46. The average Bonchev–Trinajstić information content (AvgIpc) is 2.77. The normalized spacial score (nSPS) is 12.5. The quantitative estimate of drug-likeness (QED) is 0.343. The summed E-state index contributed by atoms with van der Waals surface area (Å²) in [5.41, 5.74) is 1.20. The number of sulfonamides is 1. The van der Waals surface area contributed by atoms with Crippen LogP contribution in [0.15, 0.2) is 53.7 Å². The van der Waals surface area contributed by atoms with Gasteiger partial charge in [-0.25, -0.2) is 17.5 Å². The molecule has 2 aromatic rings. The summed E-state index contributed by atoms with van der Waals surface area (Å²) < 4.78 is 44.8. The lowest BCUT2D eigenvalue weighted by Crippen LogP contribution is -2.24. The van der Waals surface area contributed by atoms with Gasteiger partial charge in [0, 0.05) is 25.4 Å². The molecule has 0 saturated heterocycles. The Kier molecular flexibility index (Phi) is 10.6. The molecular weight excluding hydrogens is 419 g/mol. The largest absolute Gasteiger partial charge is 0.469 e. The number of benzene rings is 1. The summed E-state index contributed by atoms with van der Waals surface area (Å²) in [6, 6.07) is 8.75. The maximum Gasteiger partial charge on any atom is 0.305 e. The van der Waals surface area contributed by atoms with Crippen LogP contribution in [0, 0.1) is 11.7 Å². The zero-order valence-corrected chi connectivity index (χ0v) is 18.7. The Hall–Kier alpha value is -2.32. The highest BCUT2D eigenvalue weighted by molar-refractivity contribution is 7.89. The van der Waals surface area contributed by atoms with Gasteiger partial charge in [-0.15, -0.1) is 0 Å². The van der Waals surface area contributed by atoms with E-state index in [0.717, 1.165) is 50.7 Å². The smallest absolute Gasteiger partial charge is 0.305 e. The van der Waals surface area contributed by atoms with E-state index in [2.05, 4.69) is 15.8 Å². The number of unbranched alkanes of at least 4 members (excludes halogenated alkanes) is 1. The SMILES string of the molecule is COC(=O)CCC(CCCCNS(=O)(=O)c1ccc(F)cc1)CCCc1cccnc1. The van der Waals surface area contributed by atoms with Crippen molar-refractivity contribution < 1.29 is 22.3 Å². The van der Waals surface area contributed by atoms with E-state index in [1.165, 1.54) is 24.8 Å². The predicted octanol–water partition coefficient (Wildman–Crippen LogP) is 4.26. The number of aryl methyl sites for hydroxylation is 1. The average molecular weight is 451 g/mol. The number of carbonyl (C=O) groups excluding carboxylic acids is 1. The standard InChI is InChI=1S/C23H31FN2O4S/c1-30-23(27)15-10-19(7-4-8-20-9-5-16-25-18-20)6-2-3-17-26-31(28,29)22-13-11-21(24)12-14-22/h5,9,11-14,16,18-19,26H,2-4,6-8,10,15,17H2,1H3. The molecule has 2 rings (SSSR count). The van der Waals surface area contributed by atoms with E-state index in [-0.39, 0.29) is 10.9 Å². The van der Waals surface area contributed by atoms with Crippen LogP contribution in [-0.4, -0.2) is 33.0 Å². The van der Waals surface area contributed by atoms with Crippen LogP contribution in [0.25, 0.3) is 0 Å². The predicted molar refractivity (Wildman–Crippen MR) is 117 cm³/mol. The number of aromatic nitrogens is 1. The molecule has 0 bridgehead atoms. The number of hydrogen-bond donors (Lipinski definition) is 1. The Balaban J connectivity index is 1.74. The summed E-state index contributed by atoms with van der Waals surface area (Å²) in [6.07, 6.45) is 10.2. The van der Waals surface area contributed by atoms with E-state index in [0.29, 0.717) is 25.3 Å². The van der Waals surface area contributed by atoms with Crippen LogP contribution in [0.4, 0.5) is 4.39 Å². The lowest BCUT2D eigenvalue weighted by Gasteiger charge is -2.16. The summed E-state index contributed by atoms with van der Waals surface area (Å²) in [5, 5.41) is 0. The number of carbonyl (C=O) groups is 1. The Bertz CT molecular complexity index is 890. The van der Waals surface area contributed by atoms with Crippen LogP contribution in [0.5, 0.6) is 0 Å². The highest BCUT2D eigenvalue weighted by Crippen LogP contribution is 2.22. The number of rotatable bonds is 14. The number of esters is 1. The Labute approximate surface area is 184 Å². The number of ether oxygens (including phenoxy) is 1. The zero-order valence-electron chi connectivity index (χ0n) is 17.9. The van der Waals surface area contributed by atoms with Crippen molar-refractivity contribution >= 4 is 16.0 Å². The van der Waals surface area contributed by atoms with Crippen molar-refractivity contribution in [1.82, 2.24) is 9.71 Å². The first-order chi connectivity index (χ1) is 14.9. The van der Waals surface area contributed by atoms with Crippen molar-refractivity contribution in [2.45, 2.75) is 56.3 Å². The zero-order chi connectivity index (χ0) is 22.5. The fraction of sp³-hybridized carbons (Fsp3) is 0.478. The van der Waals surface area contributed by atoms with E-state index in [1.807, 2.05) is 12.3 Å². The van der Waals surface area contributed by atoms with Gasteiger partial charge in [0.05, 0.1) is 12.0 Å². The molecule has 0 aliphatic heterocycles. The molecule has 0 fully saturated rings. The maximum atomic E-state index is 13.0. The van der Waals surface area contributed by atoms with Crippen LogP contribution in [0.3, 0.4) is 0 Å². The molecule has 0 radical (unpaired) electrons. The molecule has 8 heteroatoms. The monoisotopic (exact) mass is 450 g/mol. The molecule has 1 aromatic carbocycles. The Morgan fingerprint density at radius 2 is 1.84 bits per heavy atom. The first kappa shape index (κ1) is 24.9. The lowest BCUT2D eigenvalue weighted by atomic mass is 9.91. The first-order valence-corrected chi connectivity index (χ1v) is 12.1. The second kappa shape index (κ2) is 13.2. The molecule has 1 heterocycles. The van der Waals surface area contributed by atoms with Crippen molar-refractivity contribution in [3.8, 4) is 0 Å². The number of nitrogens with one attached hydrogen (secondary N) is 1. The van der Waals surface area contributed by atoms with Gasteiger partial charge in [0.2, 0.25) is 10.0 Å². The molecular formula is C23H31FN2O4S. The molecule has 0 spiro atoms. The maximum absolute atomic E-state index is 13.0. The molecule has 0 aliphatic rings. The molecule has 0 saturated carbocycles. The van der Waals surface area contributed by atoms with Crippen LogP contribution in [0.2, 0.25) is 0 Å². The summed E-state index contributed by atoms with van der Waals surface area (Å²) >= 11 is 0. The second-order valence-corrected chi connectivity index (χ2v) is 9.35. The third kappa shape index (κ3) is 9.57. The van der Waals surface area contributed by atoms with Gasteiger partial charge >= 0.3 is 5.97 Å². The molecule has 1 aromatic heterocycles. The van der Waals surface area contributed by atoms with Gasteiger partial charge in [-0.3, -0.25) is 9.78 Å². The van der Waals surface area contributed by atoms with Crippen LogP contribution in [0.1, 0.15) is 50.5 Å². The van der Waals surface area contributed by atoms with Gasteiger partial charge in [0.15, 0.2) is 0 Å². The highest BCUT2D eigenvalue weighted by atomic mass is 32.2. The first-order valence-electron chi connectivity index (χ1n) is 10.6. The van der Waals surface area contributed by atoms with Crippen LogP contribution < -0.4 is 4.72 Å². The Morgan fingerprint density at radius 1 is 1.10 bits per heavy atom. The van der Waals surface area contributed by atoms with E-state index in [1.54, 1.807) is 6.20 Å². The number of nitrogens with zero attached hydrogens (tertiary/aromatic N) is 1. The van der Waals surface area contributed by atoms with Crippen LogP contribution in [-0.2, 0) is 26.0 Å². The van der Waals surface area contributed by atoms with Crippen LogP contribution >= 0.6 is 0 Å². The number of halogens is 1. The number of methoxy groups -OCH3 is 1. The molecule has 0 amide bonds. The minimum Gasteiger partial charge on any atom is -0.469 e. The second-order valence-electron chi connectivity index (χ2n) is 7.58. The molecule has 170 valence electrons. The van der Waals surface area contributed by atoms with Crippen molar-refractivity contribution in [2.75, 3.05) is 13.7 Å². The molecule has 31 heavy (non-hydrogen) atoms. The molecule has 1 N–H and O–H groups in total. The number of hydrogen-bond acceptors (Lipinski definition) is 5. The molecule has 6 nitrogen and oxygen atoms in total. The van der Waals surface area contributed by atoms with Crippen molar-refractivity contribution in [1.29, 1.82) is 0 Å². The number of pyridine rings is 1. The van der Waals surface area contributed by atoms with Gasteiger partial charge < -0.3 is 4.74 Å². The molecule has 1 atom stereocenters. The summed E-state index contributed by atoms with van der Waals surface area (Å²) in [4.78, 5) is 15.7. The highest BCUT2D eigenvalue weighted by Gasteiger charge is 2.14. The van der Waals surface area contributed by atoms with Gasteiger partial charge in [-0.2, -0.15) is 0 Å².